The number of carboxylic acids is 1. The highest BCUT2D eigenvalue weighted by Gasteiger charge is 2.25. The molecule has 2 aromatic rings. The van der Waals surface area contributed by atoms with Crippen LogP contribution in [0.2, 0.25) is 5.02 Å². The molecule has 2 aromatic carbocycles. The lowest BCUT2D eigenvalue weighted by molar-refractivity contribution is -0.137. The second-order valence-corrected chi connectivity index (χ2v) is 6.32. The third-order valence-corrected chi connectivity index (χ3v) is 4.23. The minimum absolute atomic E-state index is 0.124. The van der Waals surface area contributed by atoms with Crippen LogP contribution in [0.15, 0.2) is 36.4 Å². The number of carbonyl (C=O) groups excluding carboxylic acids is 1. The van der Waals surface area contributed by atoms with Gasteiger partial charge in [-0.25, -0.2) is 0 Å². The largest absolute Gasteiger partial charge is 0.493 e. The molecule has 0 aliphatic carbocycles. The molecule has 0 unspecified atom stereocenters. The quantitative estimate of drug-likeness (QED) is 0.815. The van der Waals surface area contributed by atoms with Crippen LogP contribution in [0.25, 0.3) is 0 Å². The zero-order chi connectivity index (χ0) is 19.4. The van der Waals surface area contributed by atoms with Gasteiger partial charge in [-0.15, -0.1) is 0 Å². The van der Waals surface area contributed by atoms with E-state index in [1.165, 1.54) is 24.1 Å². The van der Waals surface area contributed by atoms with Crippen LogP contribution in [-0.4, -0.2) is 48.8 Å². The van der Waals surface area contributed by atoms with E-state index in [1.54, 1.807) is 24.3 Å². The molecule has 27 heavy (non-hydrogen) atoms. The first-order valence-electron chi connectivity index (χ1n) is 8.21. The summed E-state index contributed by atoms with van der Waals surface area (Å²) in [5.41, 5.74) is 1.02. The van der Waals surface area contributed by atoms with Crippen molar-refractivity contribution in [2.45, 2.75) is 6.54 Å². The summed E-state index contributed by atoms with van der Waals surface area (Å²) in [7, 11) is 1.46. The highest BCUT2D eigenvalue weighted by Crippen LogP contribution is 2.40. The Bertz CT molecular complexity index is 835. The molecule has 0 atom stereocenters. The molecule has 1 N–H and O–H groups in total. The number of hydrogen-bond donors (Lipinski definition) is 1. The Morgan fingerprint density at radius 3 is 2.56 bits per heavy atom. The van der Waals surface area contributed by atoms with Gasteiger partial charge in [0.15, 0.2) is 11.5 Å². The Hall–Kier alpha value is -2.93. The predicted octanol–water partition coefficient (Wildman–Crippen LogP) is 2.85. The number of fused-ring (bicyclic) bond motifs is 1. The summed E-state index contributed by atoms with van der Waals surface area (Å²) < 4.78 is 16.4. The SMILES string of the molecule is COc1cc(C(=O)N(CC(=O)O)Cc2ccc(Cl)cc2)cc2c1OCCO2. The van der Waals surface area contributed by atoms with E-state index in [0.29, 0.717) is 35.5 Å². The van der Waals surface area contributed by atoms with E-state index in [4.69, 9.17) is 25.8 Å². The van der Waals surface area contributed by atoms with Crippen molar-refractivity contribution in [2.24, 2.45) is 0 Å². The Kier molecular flexibility index (Phi) is 5.71. The second-order valence-electron chi connectivity index (χ2n) is 5.88. The van der Waals surface area contributed by atoms with Gasteiger partial charge in [-0.1, -0.05) is 23.7 Å². The monoisotopic (exact) mass is 391 g/mol. The molecule has 1 heterocycles. The minimum Gasteiger partial charge on any atom is -0.493 e. The maximum absolute atomic E-state index is 13.0. The number of aliphatic carboxylic acids is 1. The minimum atomic E-state index is -1.11. The summed E-state index contributed by atoms with van der Waals surface area (Å²) in [5, 5.41) is 9.77. The fraction of sp³-hybridized carbons (Fsp3) is 0.263. The van der Waals surface area contributed by atoms with Gasteiger partial charge >= 0.3 is 5.97 Å². The summed E-state index contributed by atoms with van der Waals surface area (Å²) in [6.07, 6.45) is 0. The smallest absolute Gasteiger partial charge is 0.323 e. The van der Waals surface area contributed by atoms with Crippen LogP contribution in [0.3, 0.4) is 0 Å². The molecular formula is C19H18ClNO6. The number of carbonyl (C=O) groups is 2. The number of benzene rings is 2. The number of ether oxygens (including phenoxy) is 3. The molecule has 1 aliphatic rings. The molecule has 0 aromatic heterocycles. The zero-order valence-corrected chi connectivity index (χ0v) is 15.4. The molecule has 3 rings (SSSR count). The van der Waals surface area contributed by atoms with Gasteiger partial charge in [-0.05, 0) is 29.8 Å². The third-order valence-electron chi connectivity index (χ3n) is 3.97. The number of methoxy groups -OCH3 is 1. The van der Waals surface area contributed by atoms with E-state index >= 15 is 0 Å². The summed E-state index contributed by atoms with van der Waals surface area (Å²) in [5.74, 6) is -0.379. The Balaban J connectivity index is 1.91. The molecule has 0 spiro atoms. The fourth-order valence-electron chi connectivity index (χ4n) is 2.75. The van der Waals surface area contributed by atoms with Crippen LogP contribution < -0.4 is 14.2 Å². The number of rotatable bonds is 6. The Labute approximate surface area is 161 Å². The molecule has 0 fully saturated rings. The molecule has 7 nitrogen and oxygen atoms in total. The van der Waals surface area contributed by atoms with Crippen LogP contribution in [0.1, 0.15) is 15.9 Å². The lowest BCUT2D eigenvalue weighted by Gasteiger charge is -2.24. The number of amides is 1. The molecule has 0 bridgehead atoms. The van der Waals surface area contributed by atoms with Crippen molar-refractivity contribution < 1.29 is 28.9 Å². The number of nitrogens with zero attached hydrogens (tertiary/aromatic N) is 1. The lowest BCUT2D eigenvalue weighted by Crippen LogP contribution is -2.35. The van der Waals surface area contributed by atoms with Gasteiger partial charge in [0.05, 0.1) is 7.11 Å². The molecule has 1 aliphatic heterocycles. The first-order chi connectivity index (χ1) is 13.0. The van der Waals surface area contributed by atoms with Crippen molar-refractivity contribution in [3.05, 3.63) is 52.5 Å². The van der Waals surface area contributed by atoms with Gasteiger partial charge in [0.2, 0.25) is 5.75 Å². The van der Waals surface area contributed by atoms with E-state index in [2.05, 4.69) is 0 Å². The van der Waals surface area contributed by atoms with Crippen LogP contribution in [-0.2, 0) is 11.3 Å². The summed E-state index contributed by atoms with van der Waals surface area (Å²) >= 11 is 5.88. The molecule has 0 radical (unpaired) electrons. The van der Waals surface area contributed by atoms with E-state index in [1.807, 2.05) is 0 Å². The van der Waals surface area contributed by atoms with Crippen molar-refractivity contribution in [2.75, 3.05) is 26.9 Å². The lowest BCUT2D eigenvalue weighted by atomic mass is 10.1. The molecular weight excluding hydrogens is 374 g/mol. The van der Waals surface area contributed by atoms with Gasteiger partial charge < -0.3 is 24.2 Å². The van der Waals surface area contributed by atoms with Gasteiger partial charge in [-0.3, -0.25) is 9.59 Å². The highest BCUT2D eigenvalue weighted by molar-refractivity contribution is 6.30. The van der Waals surface area contributed by atoms with E-state index in [0.717, 1.165) is 5.56 Å². The standard InChI is InChI=1S/C19H18ClNO6/c1-25-15-8-13(9-16-18(15)27-7-6-26-16)19(24)21(11-17(22)23)10-12-2-4-14(20)5-3-12/h2-5,8-9H,6-7,10-11H2,1H3,(H,22,23). The Morgan fingerprint density at radius 2 is 1.89 bits per heavy atom. The molecule has 1 amide bonds. The maximum Gasteiger partial charge on any atom is 0.323 e. The van der Waals surface area contributed by atoms with Crippen molar-refractivity contribution in [1.82, 2.24) is 4.90 Å². The van der Waals surface area contributed by atoms with Crippen molar-refractivity contribution in [1.29, 1.82) is 0 Å². The summed E-state index contributed by atoms with van der Waals surface area (Å²) in [6, 6.07) is 9.92. The van der Waals surface area contributed by atoms with E-state index < -0.39 is 18.4 Å². The van der Waals surface area contributed by atoms with Gasteiger partial charge in [0.1, 0.15) is 19.8 Å². The van der Waals surface area contributed by atoms with Crippen molar-refractivity contribution in [3.8, 4) is 17.2 Å². The predicted molar refractivity (Wildman–Crippen MR) is 97.8 cm³/mol. The van der Waals surface area contributed by atoms with E-state index in [-0.39, 0.29) is 12.1 Å². The normalized spacial score (nSPS) is 12.4. The highest BCUT2D eigenvalue weighted by atomic mass is 35.5. The van der Waals surface area contributed by atoms with Crippen LogP contribution in [0.4, 0.5) is 0 Å². The number of halogens is 1. The Morgan fingerprint density at radius 1 is 1.19 bits per heavy atom. The fourth-order valence-corrected chi connectivity index (χ4v) is 2.88. The van der Waals surface area contributed by atoms with Crippen molar-refractivity contribution >= 4 is 23.5 Å². The third kappa shape index (κ3) is 4.43. The number of carboxylic acid groups (broad SMARTS) is 1. The molecule has 0 saturated carbocycles. The summed E-state index contributed by atoms with van der Waals surface area (Å²) in [6.45, 7) is 0.424. The molecule has 8 heteroatoms. The first kappa shape index (κ1) is 18.8. The van der Waals surface area contributed by atoms with E-state index in [9.17, 15) is 14.7 Å². The summed E-state index contributed by atoms with van der Waals surface area (Å²) in [4.78, 5) is 25.5. The topological polar surface area (TPSA) is 85.3 Å². The van der Waals surface area contributed by atoms with Gasteiger partial charge in [0, 0.05) is 17.1 Å². The zero-order valence-electron chi connectivity index (χ0n) is 14.6. The second kappa shape index (κ2) is 8.18. The van der Waals surface area contributed by atoms with Crippen LogP contribution in [0, 0.1) is 0 Å². The maximum atomic E-state index is 13.0. The molecule has 0 saturated heterocycles. The average molecular weight is 392 g/mol. The molecule has 142 valence electrons. The van der Waals surface area contributed by atoms with Gasteiger partial charge in [0.25, 0.3) is 5.91 Å². The van der Waals surface area contributed by atoms with Crippen molar-refractivity contribution in [3.63, 3.8) is 0 Å². The van der Waals surface area contributed by atoms with Crippen LogP contribution >= 0.6 is 11.6 Å². The van der Waals surface area contributed by atoms with Gasteiger partial charge in [-0.2, -0.15) is 0 Å². The van der Waals surface area contributed by atoms with Crippen LogP contribution in [0.5, 0.6) is 17.2 Å². The average Bonchev–Trinajstić information content (AvgIpc) is 2.67. The number of hydrogen-bond acceptors (Lipinski definition) is 5. The first-order valence-corrected chi connectivity index (χ1v) is 8.59.